The van der Waals surface area contributed by atoms with Crippen molar-refractivity contribution in [2.45, 2.75) is 65.3 Å². The maximum Gasteiger partial charge on any atom is 0.324 e. The Morgan fingerprint density at radius 1 is 1.35 bits per heavy atom. The molecule has 0 aromatic heterocycles. The predicted molar refractivity (Wildman–Crippen MR) is 135 cm³/mol. The predicted octanol–water partition coefficient (Wildman–Crippen LogP) is 3.06. The van der Waals surface area contributed by atoms with E-state index >= 15 is 0 Å². The van der Waals surface area contributed by atoms with Crippen LogP contribution in [-0.2, 0) is 19.1 Å². The van der Waals surface area contributed by atoms with Gasteiger partial charge in [-0.15, -0.1) is 0 Å². The number of allylic oxidation sites excluding steroid dienone is 3. The Bertz CT molecular complexity index is 875. The van der Waals surface area contributed by atoms with Crippen LogP contribution in [0.5, 0.6) is 0 Å². The highest BCUT2D eigenvalue weighted by Crippen LogP contribution is 2.26. The van der Waals surface area contributed by atoms with E-state index < -0.39 is 0 Å². The fourth-order valence-electron chi connectivity index (χ4n) is 3.77. The third kappa shape index (κ3) is 8.11. The van der Waals surface area contributed by atoms with Crippen LogP contribution < -0.4 is 11.2 Å². The second kappa shape index (κ2) is 13.5. The number of ether oxygens (including phenoxy) is 1. The fourth-order valence-corrected chi connectivity index (χ4v) is 4.29. The zero-order chi connectivity index (χ0) is 25.3. The molecule has 0 saturated carbocycles. The third-order valence-electron chi connectivity index (χ3n) is 5.58. The summed E-state index contributed by atoms with van der Waals surface area (Å²) in [6, 6.07) is -0.280. The molecule has 0 bridgehead atoms. The van der Waals surface area contributed by atoms with Gasteiger partial charge in [-0.3, -0.25) is 19.4 Å². The summed E-state index contributed by atoms with van der Waals surface area (Å²) in [4.78, 5) is 43.5. The van der Waals surface area contributed by atoms with Crippen LogP contribution in [0.3, 0.4) is 0 Å². The minimum Gasteiger partial charge on any atom is -0.443 e. The van der Waals surface area contributed by atoms with E-state index in [9.17, 15) is 14.4 Å². The van der Waals surface area contributed by atoms with Crippen molar-refractivity contribution in [1.82, 2.24) is 15.2 Å². The van der Waals surface area contributed by atoms with Crippen LogP contribution >= 0.6 is 11.8 Å². The van der Waals surface area contributed by atoms with Crippen LogP contribution in [-0.4, -0.2) is 59.2 Å². The van der Waals surface area contributed by atoms with Crippen LogP contribution in [0.1, 0.15) is 59.3 Å². The number of nitrogens with one attached hydrogen (secondary N) is 1. The number of carbonyl (C=O) groups is 3. The van der Waals surface area contributed by atoms with Crippen molar-refractivity contribution in [3.05, 3.63) is 34.9 Å². The van der Waals surface area contributed by atoms with Gasteiger partial charge in [-0.25, -0.2) is 5.84 Å². The zero-order valence-corrected chi connectivity index (χ0v) is 21.5. The molecule has 10 heteroatoms. The maximum absolute atomic E-state index is 13.0. The van der Waals surface area contributed by atoms with Gasteiger partial charge in [0.15, 0.2) is 11.9 Å². The lowest BCUT2D eigenvalue weighted by molar-refractivity contribution is -0.148. The molecule has 1 heterocycles. The summed E-state index contributed by atoms with van der Waals surface area (Å²) >= 11 is 1.18. The first-order valence-corrected chi connectivity index (χ1v) is 12.5. The Labute approximate surface area is 206 Å². The van der Waals surface area contributed by atoms with Crippen molar-refractivity contribution in [3.63, 3.8) is 0 Å². The number of esters is 1. The molecule has 3 N–H and O–H groups in total. The Morgan fingerprint density at radius 3 is 2.71 bits per heavy atom. The highest BCUT2D eigenvalue weighted by molar-refractivity contribution is 8.16. The average molecular weight is 492 g/mol. The summed E-state index contributed by atoms with van der Waals surface area (Å²) in [5.74, 6) is 5.48. The standard InChI is InChI=1S/C24H37N5O4S/c1-6-34-24(28(5)15-33-23(32)19-10-8-12-26-19)27-22(31)18-9-7-11-20(17(4)14-18)29(25)21(30)13-16(2)3/h6,14,16,19,26H,1,7-13,15,25H2,2-5H3. The van der Waals surface area contributed by atoms with Crippen molar-refractivity contribution >= 4 is 34.7 Å². The summed E-state index contributed by atoms with van der Waals surface area (Å²) < 4.78 is 5.38. The number of aliphatic imine (C=N–C) groups is 1. The Balaban J connectivity index is 2.12. The SMILES string of the molecule is C=CSC(=NC(=O)C1=CC(C)=C(N(N)C(=O)CC(C)C)CCC1)N(C)COC(=O)C1CCCN1. The molecule has 9 nitrogen and oxygen atoms in total. The molecule has 0 aromatic rings. The number of hydrazine groups is 1. The average Bonchev–Trinajstić information content (AvgIpc) is 3.25. The molecule has 34 heavy (non-hydrogen) atoms. The van der Waals surface area contributed by atoms with E-state index in [0.717, 1.165) is 30.7 Å². The Kier molecular flexibility index (Phi) is 11.0. The lowest BCUT2D eigenvalue weighted by atomic mass is 10.1. The number of amidine groups is 1. The molecule has 1 atom stereocenters. The molecule has 1 aliphatic carbocycles. The monoisotopic (exact) mass is 491 g/mol. The normalized spacial score (nSPS) is 18.9. The lowest BCUT2D eigenvalue weighted by Crippen LogP contribution is -2.37. The van der Waals surface area contributed by atoms with Crippen molar-refractivity contribution in [3.8, 4) is 0 Å². The molecular weight excluding hydrogens is 454 g/mol. The van der Waals surface area contributed by atoms with Crippen LogP contribution in [0.15, 0.2) is 39.9 Å². The van der Waals surface area contributed by atoms with Crippen LogP contribution in [0.2, 0.25) is 0 Å². The first-order chi connectivity index (χ1) is 16.1. The number of rotatable bonds is 8. The van der Waals surface area contributed by atoms with Crippen molar-refractivity contribution in [2.75, 3.05) is 20.3 Å². The van der Waals surface area contributed by atoms with Crippen LogP contribution in [0, 0.1) is 5.92 Å². The third-order valence-corrected chi connectivity index (χ3v) is 6.36. The molecule has 2 rings (SSSR count). The van der Waals surface area contributed by atoms with Crippen LogP contribution in [0.4, 0.5) is 0 Å². The molecule has 0 spiro atoms. The van der Waals surface area contributed by atoms with Crippen molar-refractivity contribution < 1.29 is 19.1 Å². The maximum atomic E-state index is 13.0. The molecule has 1 aliphatic heterocycles. The molecule has 1 unspecified atom stereocenters. The highest BCUT2D eigenvalue weighted by atomic mass is 32.2. The Morgan fingerprint density at radius 2 is 2.09 bits per heavy atom. The van der Waals surface area contributed by atoms with Crippen molar-refractivity contribution in [2.24, 2.45) is 16.8 Å². The zero-order valence-electron chi connectivity index (χ0n) is 20.6. The minimum atomic E-state index is -0.377. The number of carbonyl (C=O) groups excluding carboxylic acids is 3. The quantitative estimate of drug-likeness (QED) is 0.101. The first kappa shape index (κ1) is 27.8. The number of thioether (sulfide) groups is 1. The van der Waals surface area contributed by atoms with Gasteiger partial charge in [-0.2, -0.15) is 4.99 Å². The molecule has 2 aliphatic rings. The van der Waals surface area contributed by atoms with Crippen LogP contribution in [0.25, 0.3) is 0 Å². The van der Waals surface area contributed by atoms with E-state index in [1.807, 2.05) is 20.8 Å². The molecule has 1 fully saturated rings. The van der Waals surface area contributed by atoms with Gasteiger partial charge in [0.05, 0.1) is 0 Å². The van der Waals surface area contributed by atoms with E-state index in [4.69, 9.17) is 10.6 Å². The Hall–Kier alpha value is -2.43. The number of amides is 2. The molecule has 0 aromatic carbocycles. The fraction of sp³-hybridized carbons (Fsp3) is 0.583. The number of hydrogen-bond acceptors (Lipinski definition) is 7. The summed E-state index contributed by atoms with van der Waals surface area (Å²) in [6.45, 7) is 10.3. The van der Waals surface area contributed by atoms with Gasteiger partial charge >= 0.3 is 5.97 Å². The first-order valence-electron chi connectivity index (χ1n) is 11.6. The molecule has 2 amide bonds. The molecular formula is C24H37N5O4S. The number of nitrogens with zero attached hydrogens (tertiary/aromatic N) is 3. The van der Waals surface area contributed by atoms with Gasteiger partial charge in [0.2, 0.25) is 5.91 Å². The molecule has 1 saturated heterocycles. The minimum absolute atomic E-state index is 0.0216. The second-order valence-electron chi connectivity index (χ2n) is 8.94. The summed E-state index contributed by atoms with van der Waals surface area (Å²) in [5.41, 5.74) is 2.04. The van der Waals surface area contributed by atoms with E-state index in [0.29, 0.717) is 36.4 Å². The smallest absolute Gasteiger partial charge is 0.324 e. The number of hydrogen-bond donors (Lipinski definition) is 2. The summed E-state index contributed by atoms with van der Waals surface area (Å²) in [7, 11) is 1.70. The van der Waals surface area contributed by atoms with E-state index in [1.54, 1.807) is 23.4 Å². The van der Waals surface area contributed by atoms with Gasteiger partial charge in [-0.05, 0) is 68.5 Å². The van der Waals surface area contributed by atoms with Gasteiger partial charge in [0, 0.05) is 24.7 Å². The molecule has 0 radical (unpaired) electrons. The van der Waals surface area contributed by atoms with E-state index in [2.05, 4.69) is 16.9 Å². The lowest BCUT2D eigenvalue weighted by Gasteiger charge is -2.22. The van der Waals surface area contributed by atoms with E-state index in [-0.39, 0.29) is 36.5 Å². The largest absolute Gasteiger partial charge is 0.443 e. The highest BCUT2D eigenvalue weighted by Gasteiger charge is 2.25. The van der Waals surface area contributed by atoms with E-state index in [1.165, 1.54) is 16.8 Å². The van der Waals surface area contributed by atoms with Gasteiger partial charge in [0.1, 0.15) is 6.04 Å². The van der Waals surface area contributed by atoms with Gasteiger partial charge in [-0.1, -0.05) is 32.2 Å². The second-order valence-corrected chi connectivity index (χ2v) is 9.87. The van der Waals surface area contributed by atoms with Gasteiger partial charge in [0.25, 0.3) is 5.91 Å². The summed E-state index contributed by atoms with van der Waals surface area (Å²) in [6.07, 6.45) is 5.63. The number of nitrogens with two attached hydrogens (primary N) is 1. The summed E-state index contributed by atoms with van der Waals surface area (Å²) in [5, 5.41) is 6.28. The molecule has 188 valence electrons. The topological polar surface area (TPSA) is 117 Å². The van der Waals surface area contributed by atoms with Gasteiger partial charge < -0.3 is 15.0 Å². The van der Waals surface area contributed by atoms with Crippen molar-refractivity contribution in [1.29, 1.82) is 0 Å².